The van der Waals surface area contributed by atoms with E-state index in [2.05, 4.69) is 15.0 Å². The number of ether oxygens (including phenoxy) is 3. The molecular formula is C28H21Cl2FN4O5S. The molecule has 41 heavy (non-hydrogen) atoms. The smallest absolute Gasteiger partial charge is 0.338 e. The van der Waals surface area contributed by atoms with Crippen molar-refractivity contribution in [2.24, 2.45) is 4.99 Å². The molecule has 5 rings (SSSR count). The first-order valence-electron chi connectivity index (χ1n) is 12.2. The van der Waals surface area contributed by atoms with E-state index in [4.69, 9.17) is 37.4 Å². The van der Waals surface area contributed by atoms with E-state index >= 15 is 0 Å². The van der Waals surface area contributed by atoms with Gasteiger partial charge in [-0.25, -0.2) is 14.8 Å². The minimum absolute atomic E-state index is 0.136. The predicted molar refractivity (Wildman–Crippen MR) is 152 cm³/mol. The highest BCUT2D eigenvalue weighted by Crippen LogP contribution is 2.35. The number of methoxy groups -OCH3 is 1. The van der Waals surface area contributed by atoms with Crippen molar-refractivity contribution in [3.63, 3.8) is 0 Å². The summed E-state index contributed by atoms with van der Waals surface area (Å²) in [6.45, 7) is 3.55. The highest BCUT2D eigenvalue weighted by atomic mass is 35.5. The lowest BCUT2D eigenvalue weighted by Crippen LogP contribution is -2.40. The van der Waals surface area contributed by atoms with Crippen molar-refractivity contribution in [1.29, 1.82) is 0 Å². The van der Waals surface area contributed by atoms with Crippen LogP contribution in [0.25, 0.3) is 6.08 Å². The predicted octanol–water partition coefficient (Wildman–Crippen LogP) is 4.84. The molecule has 0 aliphatic carbocycles. The van der Waals surface area contributed by atoms with Crippen molar-refractivity contribution in [3.8, 4) is 17.4 Å². The summed E-state index contributed by atoms with van der Waals surface area (Å²) in [5.74, 6) is -1.35. The molecule has 0 fully saturated rings. The van der Waals surface area contributed by atoms with Crippen LogP contribution >= 0.6 is 34.5 Å². The molecule has 1 aliphatic rings. The number of halogens is 3. The fourth-order valence-electron chi connectivity index (χ4n) is 4.30. The standard InChI is InChI=1S/C28H21Cl2FN4O5S/c1-4-39-26(37)22-14(2)33-28-35(23(22)16-7-5-6-8-17(16)29)25(36)21(41-28)12-15-9-10-19(38-3)20(11-15)40-24-18(31)13-32-27(30)34-24/h5-13,23H,4H2,1-3H3/b21-12-/t23-/m0/s1. The quantitative estimate of drug-likeness (QED) is 0.217. The Morgan fingerprint density at radius 3 is 2.71 bits per heavy atom. The number of hydrogen-bond donors (Lipinski definition) is 0. The van der Waals surface area contributed by atoms with Crippen LogP contribution in [0.2, 0.25) is 10.3 Å². The number of rotatable bonds is 7. The molecule has 0 saturated carbocycles. The third kappa shape index (κ3) is 5.61. The number of fused-ring (bicyclic) bond motifs is 1. The van der Waals surface area contributed by atoms with E-state index in [0.29, 0.717) is 36.9 Å². The van der Waals surface area contributed by atoms with Crippen molar-refractivity contribution in [2.45, 2.75) is 19.9 Å². The second-order valence-electron chi connectivity index (χ2n) is 8.63. The Balaban J connectivity index is 1.65. The van der Waals surface area contributed by atoms with Gasteiger partial charge in [0.05, 0.1) is 35.7 Å². The van der Waals surface area contributed by atoms with Crippen LogP contribution in [0.3, 0.4) is 0 Å². The van der Waals surface area contributed by atoms with E-state index in [1.54, 1.807) is 62.4 Å². The van der Waals surface area contributed by atoms with Crippen LogP contribution in [-0.4, -0.2) is 34.2 Å². The Kier molecular flexibility index (Phi) is 8.20. The van der Waals surface area contributed by atoms with Crippen molar-refractivity contribution in [2.75, 3.05) is 13.7 Å². The van der Waals surface area contributed by atoms with Crippen LogP contribution in [0.4, 0.5) is 4.39 Å². The molecule has 0 saturated heterocycles. The molecule has 0 radical (unpaired) electrons. The number of esters is 1. The Morgan fingerprint density at radius 1 is 1.20 bits per heavy atom. The summed E-state index contributed by atoms with van der Waals surface area (Å²) < 4.78 is 32.3. The molecule has 0 unspecified atom stereocenters. The second kappa shape index (κ2) is 11.8. The van der Waals surface area contributed by atoms with Gasteiger partial charge < -0.3 is 14.2 Å². The third-order valence-corrected chi connectivity index (χ3v) is 7.60. The maximum Gasteiger partial charge on any atom is 0.338 e. The molecule has 9 nitrogen and oxygen atoms in total. The van der Waals surface area contributed by atoms with E-state index in [-0.39, 0.29) is 34.7 Å². The number of hydrogen-bond acceptors (Lipinski definition) is 9. The first kappa shape index (κ1) is 28.5. The van der Waals surface area contributed by atoms with Gasteiger partial charge in [-0.3, -0.25) is 9.36 Å². The molecule has 0 amide bonds. The van der Waals surface area contributed by atoms with Crippen molar-refractivity contribution >= 4 is 46.6 Å². The average molecular weight is 615 g/mol. The summed E-state index contributed by atoms with van der Waals surface area (Å²) in [7, 11) is 1.43. The van der Waals surface area contributed by atoms with E-state index < -0.39 is 17.8 Å². The van der Waals surface area contributed by atoms with Gasteiger partial charge in [0.1, 0.15) is 6.04 Å². The van der Waals surface area contributed by atoms with Crippen LogP contribution in [0.15, 0.2) is 69.7 Å². The van der Waals surface area contributed by atoms with E-state index in [1.807, 2.05) is 0 Å². The minimum atomic E-state index is -0.846. The van der Waals surface area contributed by atoms with Crippen LogP contribution < -0.4 is 24.4 Å². The van der Waals surface area contributed by atoms with Gasteiger partial charge in [0.15, 0.2) is 16.3 Å². The zero-order valence-electron chi connectivity index (χ0n) is 21.9. The number of carbonyl (C=O) groups is 1. The molecular weight excluding hydrogens is 594 g/mol. The lowest BCUT2D eigenvalue weighted by Gasteiger charge is -2.25. The first-order chi connectivity index (χ1) is 19.7. The second-order valence-corrected chi connectivity index (χ2v) is 10.4. The molecule has 4 aromatic rings. The molecule has 0 N–H and O–H groups in total. The van der Waals surface area contributed by atoms with Crippen LogP contribution in [-0.2, 0) is 9.53 Å². The molecule has 2 aromatic heterocycles. The highest BCUT2D eigenvalue weighted by Gasteiger charge is 2.34. The minimum Gasteiger partial charge on any atom is -0.493 e. The molecule has 3 heterocycles. The highest BCUT2D eigenvalue weighted by molar-refractivity contribution is 7.07. The monoisotopic (exact) mass is 614 g/mol. The van der Waals surface area contributed by atoms with E-state index in [1.165, 1.54) is 11.7 Å². The van der Waals surface area contributed by atoms with Crippen LogP contribution in [0.1, 0.15) is 31.0 Å². The van der Waals surface area contributed by atoms with Crippen molar-refractivity contribution in [3.05, 3.63) is 107 Å². The SMILES string of the molecule is CCOC(=O)C1=C(C)N=c2s/c(=C\c3ccc(OC)c(Oc4nc(Cl)ncc4F)c3)c(=O)n2[C@H]1c1ccccc1Cl. The summed E-state index contributed by atoms with van der Waals surface area (Å²) in [5.41, 5.74) is 1.36. The maximum absolute atomic E-state index is 14.2. The fraction of sp³-hybridized carbons (Fsp3) is 0.179. The number of benzene rings is 2. The topological polar surface area (TPSA) is 105 Å². The molecule has 1 atom stereocenters. The Morgan fingerprint density at radius 2 is 1.98 bits per heavy atom. The zero-order chi connectivity index (χ0) is 29.3. The third-order valence-electron chi connectivity index (χ3n) is 6.09. The average Bonchev–Trinajstić information content (AvgIpc) is 3.24. The Labute approximate surface area is 246 Å². The van der Waals surface area contributed by atoms with Gasteiger partial charge in [-0.05, 0) is 60.9 Å². The Bertz CT molecular complexity index is 1890. The Hall–Kier alpha value is -4.06. The van der Waals surface area contributed by atoms with Crippen LogP contribution in [0, 0.1) is 5.82 Å². The molecule has 0 bridgehead atoms. The summed E-state index contributed by atoms with van der Waals surface area (Å²) in [5, 5.41) is 0.195. The van der Waals surface area contributed by atoms with Gasteiger partial charge in [-0.2, -0.15) is 9.37 Å². The first-order valence-corrected chi connectivity index (χ1v) is 13.8. The molecule has 13 heteroatoms. The van der Waals surface area contributed by atoms with E-state index in [0.717, 1.165) is 17.5 Å². The van der Waals surface area contributed by atoms with Crippen LogP contribution in [0.5, 0.6) is 17.4 Å². The fourth-order valence-corrected chi connectivity index (χ4v) is 5.72. The van der Waals surface area contributed by atoms with Crippen molar-refractivity contribution in [1.82, 2.24) is 14.5 Å². The molecule has 1 aliphatic heterocycles. The van der Waals surface area contributed by atoms with Crippen molar-refractivity contribution < 1.29 is 23.4 Å². The normalized spacial score (nSPS) is 14.9. The number of thiazole rings is 1. The summed E-state index contributed by atoms with van der Waals surface area (Å²) in [6.07, 6.45) is 2.52. The summed E-state index contributed by atoms with van der Waals surface area (Å²) in [6, 6.07) is 11.0. The summed E-state index contributed by atoms with van der Waals surface area (Å²) in [4.78, 5) is 39.2. The molecule has 210 valence electrons. The number of aromatic nitrogens is 3. The zero-order valence-corrected chi connectivity index (χ0v) is 24.2. The largest absolute Gasteiger partial charge is 0.493 e. The lowest BCUT2D eigenvalue weighted by atomic mass is 9.96. The van der Waals surface area contributed by atoms with Gasteiger partial charge in [0.2, 0.25) is 11.1 Å². The molecule has 2 aromatic carbocycles. The lowest BCUT2D eigenvalue weighted by molar-refractivity contribution is -0.139. The van der Waals surface area contributed by atoms with Gasteiger partial charge in [0, 0.05) is 5.02 Å². The number of carbonyl (C=O) groups excluding carboxylic acids is 1. The van der Waals surface area contributed by atoms with E-state index in [9.17, 15) is 14.0 Å². The van der Waals surface area contributed by atoms with Gasteiger partial charge >= 0.3 is 5.97 Å². The van der Waals surface area contributed by atoms with Gasteiger partial charge in [-0.1, -0.05) is 47.2 Å². The molecule has 0 spiro atoms. The number of nitrogens with zero attached hydrogens (tertiary/aromatic N) is 4. The summed E-state index contributed by atoms with van der Waals surface area (Å²) >= 11 is 13.5. The number of allylic oxidation sites excluding steroid dienone is 1. The van der Waals surface area contributed by atoms with Gasteiger partial charge in [0.25, 0.3) is 11.4 Å². The van der Waals surface area contributed by atoms with Gasteiger partial charge in [-0.15, -0.1) is 0 Å². The maximum atomic E-state index is 14.2.